The van der Waals surface area contributed by atoms with Gasteiger partial charge < -0.3 is 0 Å². The molecule has 0 fully saturated rings. The van der Waals surface area contributed by atoms with Gasteiger partial charge in [-0.25, -0.2) is 0 Å². The van der Waals surface area contributed by atoms with Gasteiger partial charge in [-0.2, -0.15) is 0 Å². The van der Waals surface area contributed by atoms with Crippen LogP contribution in [0.5, 0.6) is 0 Å². The van der Waals surface area contributed by atoms with Crippen LogP contribution in [-0.2, 0) is 19.8 Å². The summed E-state index contributed by atoms with van der Waals surface area (Å²) in [7, 11) is 0. The van der Waals surface area contributed by atoms with E-state index in [0.29, 0.717) is 0 Å². The van der Waals surface area contributed by atoms with Gasteiger partial charge in [0, 0.05) is 0 Å². The van der Waals surface area contributed by atoms with Gasteiger partial charge in [0.05, 0.1) is 0 Å². The van der Waals surface area contributed by atoms with Crippen LogP contribution in [0, 0.1) is 0 Å². The third-order valence-electron chi connectivity index (χ3n) is 2.71. The summed E-state index contributed by atoms with van der Waals surface area (Å²) in [5, 5.41) is 2.62. The summed E-state index contributed by atoms with van der Waals surface area (Å²) < 4.78 is 1.49. The predicted molar refractivity (Wildman–Crippen MR) is 70.4 cm³/mol. The summed E-state index contributed by atoms with van der Waals surface area (Å²) in [5.41, 5.74) is 1.43. The summed E-state index contributed by atoms with van der Waals surface area (Å²) in [6.45, 7) is 2.14. The first-order valence-electron chi connectivity index (χ1n) is 5.70. The Kier molecular flexibility index (Phi) is 4.34. The Morgan fingerprint density at radius 1 is 0.882 bits per heavy atom. The minimum atomic E-state index is 1.16. The first-order chi connectivity index (χ1) is 8.27. The molecular weight excluding hydrogens is 387 g/mol. The molecule has 1 aliphatic rings. The molecule has 0 unspecified atom stereocenters. The van der Waals surface area contributed by atoms with Gasteiger partial charge in [0.25, 0.3) is 0 Å². The fourth-order valence-corrected chi connectivity index (χ4v) is 2.17. The Morgan fingerprint density at radius 2 is 1.35 bits per heavy atom. The van der Waals surface area contributed by atoms with Crippen molar-refractivity contribution in [3.05, 3.63) is 70.2 Å². The van der Waals surface area contributed by atoms with E-state index in [1.54, 1.807) is 0 Å². The first kappa shape index (κ1) is 12.3. The van der Waals surface area contributed by atoms with Gasteiger partial charge in [-0.05, 0) is 10.8 Å². The van der Waals surface area contributed by atoms with Crippen LogP contribution in [0.4, 0.5) is 0 Å². The molecule has 0 atom stereocenters. The summed E-state index contributed by atoms with van der Waals surface area (Å²) in [6, 6.07) is 16.7. The van der Waals surface area contributed by atoms with E-state index in [0.717, 1.165) is 6.42 Å². The van der Waals surface area contributed by atoms with Crippen LogP contribution < -0.4 is 0 Å². The van der Waals surface area contributed by atoms with E-state index < -0.39 is 0 Å². The van der Waals surface area contributed by atoms with Gasteiger partial charge >= 0.3 is 54.8 Å². The van der Waals surface area contributed by atoms with Crippen LogP contribution in [0.2, 0.25) is 0 Å². The van der Waals surface area contributed by atoms with Crippen LogP contribution >= 0.6 is 0 Å². The van der Waals surface area contributed by atoms with Gasteiger partial charge in [0.15, 0.2) is 0 Å². The smallest absolute Gasteiger partial charge is 0.0184 e. The largest absolute Gasteiger partial charge is 0.0616 e. The molecule has 89 valence electrons. The van der Waals surface area contributed by atoms with Gasteiger partial charge in [-0.1, -0.05) is 48.5 Å². The Bertz CT molecular complexity index is 499. The van der Waals surface area contributed by atoms with Crippen molar-refractivity contribution in [3.8, 4) is 0 Å². The quantitative estimate of drug-likeness (QED) is 0.604. The standard InChI is InChI=1S/C10H8.C6H7.Pt/c1-2-6-10-8-4-3-7-9(10)5-1;1-6-4-2-3-5-6;/h1-8H;2,4H,3H2,1H3;. The zero-order valence-electron chi connectivity index (χ0n) is 9.80. The molecule has 0 bridgehead atoms. The number of benzene rings is 2. The molecule has 17 heavy (non-hydrogen) atoms. The minimum absolute atomic E-state index is 1.16. The third-order valence-corrected chi connectivity index (χ3v) is 4.07. The average Bonchev–Trinajstić information content (AvgIpc) is 2.75. The molecule has 0 spiro atoms. The zero-order valence-corrected chi connectivity index (χ0v) is 12.1. The van der Waals surface area contributed by atoms with Crippen molar-refractivity contribution in [3.63, 3.8) is 0 Å². The van der Waals surface area contributed by atoms with Crippen molar-refractivity contribution in [2.75, 3.05) is 0 Å². The maximum absolute atomic E-state index is 2.36. The van der Waals surface area contributed by atoms with Gasteiger partial charge in [0.2, 0.25) is 0 Å². The summed E-state index contributed by atoms with van der Waals surface area (Å²) >= 11 is 2.36. The Hall–Kier alpha value is -1.13. The van der Waals surface area contributed by atoms with Gasteiger partial charge in [-0.15, -0.1) is 0 Å². The molecule has 0 nitrogen and oxygen atoms in total. The Labute approximate surface area is 114 Å². The van der Waals surface area contributed by atoms with Crippen LogP contribution in [0.25, 0.3) is 10.8 Å². The summed E-state index contributed by atoms with van der Waals surface area (Å²) in [4.78, 5) is 0. The third kappa shape index (κ3) is 3.41. The van der Waals surface area contributed by atoms with Crippen molar-refractivity contribution < 1.29 is 19.8 Å². The van der Waals surface area contributed by atoms with E-state index in [1.165, 1.54) is 20.3 Å². The summed E-state index contributed by atoms with van der Waals surface area (Å²) in [6.07, 6.45) is 5.52. The molecule has 0 heterocycles. The second kappa shape index (κ2) is 5.98. The topological polar surface area (TPSA) is 0 Å². The van der Waals surface area contributed by atoms with Crippen molar-refractivity contribution in [2.24, 2.45) is 0 Å². The monoisotopic (exact) mass is 402 g/mol. The van der Waals surface area contributed by atoms with E-state index >= 15 is 0 Å². The molecular formula is C16H15Pt. The molecule has 0 aliphatic heterocycles. The van der Waals surface area contributed by atoms with Crippen molar-refractivity contribution in [2.45, 2.75) is 13.3 Å². The molecule has 0 aromatic heterocycles. The van der Waals surface area contributed by atoms with E-state index in [4.69, 9.17) is 0 Å². The molecule has 3 rings (SSSR count). The normalized spacial score (nSPS) is 13.8. The molecule has 0 radical (unpaired) electrons. The van der Waals surface area contributed by atoms with E-state index in [-0.39, 0.29) is 0 Å². The number of allylic oxidation sites excluding steroid dienone is 4. The molecule has 0 amide bonds. The van der Waals surface area contributed by atoms with Gasteiger partial charge in [0.1, 0.15) is 0 Å². The van der Waals surface area contributed by atoms with Crippen LogP contribution in [-0.4, -0.2) is 0 Å². The zero-order chi connectivity index (χ0) is 12.1. The average molecular weight is 402 g/mol. The second-order valence-corrected chi connectivity index (χ2v) is 5.38. The predicted octanol–water partition coefficient (Wildman–Crippen LogP) is 4.61. The SMILES string of the molecule is CC1=[C]([Pt])CC=C1.c1ccc2ccccc2c1. The second-order valence-electron chi connectivity index (χ2n) is 4.00. The molecule has 2 aromatic carbocycles. The maximum atomic E-state index is 2.36. The molecule has 0 saturated carbocycles. The van der Waals surface area contributed by atoms with E-state index in [1.807, 2.05) is 0 Å². The minimum Gasteiger partial charge on any atom is -0.0616 e. The molecule has 0 N–H and O–H groups in total. The van der Waals surface area contributed by atoms with Crippen LogP contribution in [0.1, 0.15) is 13.3 Å². The number of hydrogen-bond donors (Lipinski definition) is 0. The number of hydrogen-bond acceptors (Lipinski definition) is 0. The van der Waals surface area contributed by atoms with Gasteiger partial charge in [-0.3, -0.25) is 0 Å². The van der Waals surface area contributed by atoms with Crippen molar-refractivity contribution in [1.29, 1.82) is 0 Å². The first-order valence-corrected chi connectivity index (χ1v) is 6.83. The molecule has 1 aliphatic carbocycles. The number of rotatable bonds is 0. The summed E-state index contributed by atoms with van der Waals surface area (Å²) in [5.74, 6) is 0. The molecule has 0 saturated heterocycles. The van der Waals surface area contributed by atoms with E-state index in [2.05, 4.69) is 87.4 Å². The molecule has 2 aromatic rings. The fourth-order valence-electron chi connectivity index (χ4n) is 1.71. The fraction of sp³-hybridized carbons (Fsp3) is 0.125. The molecule has 1 heteroatoms. The van der Waals surface area contributed by atoms with E-state index in [9.17, 15) is 0 Å². The van der Waals surface area contributed by atoms with Crippen molar-refractivity contribution in [1.82, 2.24) is 0 Å². The van der Waals surface area contributed by atoms with Crippen LogP contribution in [0.15, 0.2) is 70.2 Å². The Balaban J connectivity index is 0.000000136. The van der Waals surface area contributed by atoms with Crippen LogP contribution in [0.3, 0.4) is 0 Å². The Morgan fingerprint density at radius 3 is 1.59 bits per heavy atom. The number of fused-ring (bicyclic) bond motifs is 1. The maximum Gasteiger partial charge on any atom is -0.0184 e. The van der Waals surface area contributed by atoms with Crippen molar-refractivity contribution >= 4 is 10.8 Å².